The van der Waals surface area contributed by atoms with E-state index in [-0.39, 0.29) is 11.9 Å². The number of thioether (sulfide) groups is 1. The lowest BCUT2D eigenvalue weighted by Crippen LogP contribution is -2.41. The number of nitrogens with one attached hydrogen (secondary N) is 2. The number of hydrogen-bond acceptors (Lipinski definition) is 6. The summed E-state index contributed by atoms with van der Waals surface area (Å²) in [4.78, 5) is 22.7. The molecule has 0 radical (unpaired) electrons. The Balaban J connectivity index is 2.84. The molecule has 2 N–H and O–H groups in total. The van der Waals surface area contributed by atoms with Crippen molar-refractivity contribution in [2.75, 3.05) is 37.0 Å². The fourth-order valence-corrected chi connectivity index (χ4v) is 2.19. The molecule has 112 valence electrons. The van der Waals surface area contributed by atoms with Crippen molar-refractivity contribution in [3.05, 3.63) is 6.07 Å². The molecule has 0 aliphatic rings. The first-order chi connectivity index (χ1) is 9.55. The van der Waals surface area contributed by atoms with Crippen molar-refractivity contribution in [1.29, 1.82) is 0 Å². The summed E-state index contributed by atoms with van der Waals surface area (Å²) >= 11 is 1.47. The van der Waals surface area contributed by atoms with Crippen LogP contribution < -0.4 is 10.6 Å². The van der Waals surface area contributed by atoms with Crippen molar-refractivity contribution < 1.29 is 4.79 Å². The first-order valence-corrected chi connectivity index (χ1v) is 7.94. The van der Waals surface area contributed by atoms with E-state index in [1.54, 1.807) is 18.0 Å². The third-order valence-corrected chi connectivity index (χ3v) is 3.50. The number of hydrogen-bond donors (Lipinski definition) is 2. The Labute approximate surface area is 124 Å². The van der Waals surface area contributed by atoms with Gasteiger partial charge in [-0.3, -0.25) is 4.79 Å². The molecule has 1 rings (SSSR count). The lowest BCUT2D eigenvalue weighted by atomic mass is 10.2. The van der Waals surface area contributed by atoms with E-state index >= 15 is 0 Å². The summed E-state index contributed by atoms with van der Waals surface area (Å²) in [6.45, 7) is 7.22. The highest BCUT2D eigenvalue weighted by molar-refractivity contribution is 7.98. The lowest BCUT2D eigenvalue weighted by Gasteiger charge is -2.23. The van der Waals surface area contributed by atoms with Crippen LogP contribution in [0.1, 0.15) is 20.8 Å². The van der Waals surface area contributed by atoms with Gasteiger partial charge in [0.1, 0.15) is 17.7 Å². The van der Waals surface area contributed by atoms with Crippen molar-refractivity contribution in [3.63, 3.8) is 0 Å². The maximum Gasteiger partial charge on any atom is 0.244 e. The number of nitrogens with zero attached hydrogens (tertiary/aromatic N) is 3. The third-order valence-electron chi connectivity index (χ3n) is 2.95. The number of amides is 1. The Kier molecular flexibility index (Phi) is 6.57. The molecule has 7 heteroatoms. The predicted molar refractivity (Wildman–Crippen MR) is 84.4 cm³/mol. The number of rotatable bonds is 7. The highest BCUT2D eigenvalue weighted by atomic mass is 32.2. The van der Waals surface area contributed by atoms with Gasteiger partial charge in [0.05, 0.1) is 0 Å². The first kappa shape index (κ1) is 16.6. The predicted octanol–water partition coefficient (Wildman–Crippen LogP) is 1.91. The molecule has 0 saturated carbocycles. The van der Waals surface area contributed by atoms with Crippen molar-refractivity contribution >= 4 is 29.3 Å². The summed E-state index contributed by atoms with van der Waals surface area (Å²) in [7, 11) is 1.81. The van der Waals surface area contributed by atoms with E-state index in [2.05, 4.69) is 20.6 Å². The minimum atomic E-state index is -0.316. The SMILES string of the molecule is CCN(CC)C(=O)C(C)Nc1cc(NC)nc(SC)n1. The number of aromatic nitrogens is 2. The number of anilines is 2. The van der Waals surface area contributed by atoms with Gasteiger partial charge in [0.2, 0.25) is 5.91 Å². The van der Waals surface area contributed by atoms with Crippen LogP contribution in [-0.2, 0) is 4.79 Å². The molecule has 20 heavy (non-hydrogen) atoms. The monoisotopic (exact) mass is 297 g/mol. The van der Waals surface area contributed by atoms with Gasteiger partial charge < -0.3 is 15.5 Å². The maximum absolute atomic E-state index is 12.2. The maximum atomic E-state index is 12.2. The van der Waals surface area contributed by atoms with E-state index in [1.165, 1.54) is 11.8 Å². The van der Waals surface area contributed by atoms with Gasteiger partial charge in [-0.2, -0.15) is 0 Å². The molecule has 1 aromatic heterocycles. The smallest absolute Gasteiger partial charge is 0.244 e. The van der Waals surface area contributed by atoms with Crippen LogP contribution in [0.15, 0.2) is 11.2 Å². The Morgan fingerprint density at radius 1 is 1.35 bits per heavy atom. The van der Waals surface area contributed by atoms with Crippen LogP contribution in [0, 0.1) is 0 Å². The molecule has 0 aliphatic carbocycles. The van der Waals surface area contributed by atoms with Gasteiger partial charge in [-0.25, -0.2) is 9.97 Å². The van der Waals surface area contributed by atoms with Gasteiger partial charge in [-0.05, 0) is 27.0 Å². The van der Waals surface area contributed by atoms with E-state index in [1.807, 2.05) is 27.0 Å². The second-order valence-corrected chi connectivity index (χ2v) is 5.03. The van der Waals surface area contributed by atoms with Crippen LogP contribution in [0.3, 0.4) is 0 Å². The topological polar surface area (TPSA) is 70.2 Å². The minimum absolute atomic E-state index is 0.0744. The van der Waals surface area contributed by atoms with Crippen molar-refractivity contribution in [2.24, 2.45) is 0 Å². The zero-order valence-electron chi connectivity index (χ0n) is 12.7. The number of likely N-dealkylation sites (N-methyl/N-ethyl adjacent to an activating group) is 1. The molecule has 0 spiro atoms. The molecule has 6 nitrogen and oxygen atoms in total. The lowest BCUT2D eigenvalue weighted by molar-refractivity contribution is -0.131. The minimum Gasteiger partial charge on any atom is -0.373 e. The van der Waals surface area contributed by atoms with E-state index in [9.17, 15) is 4.79 Å². The van der Waals surface area contributed by atoms with Crippen LogP contribution >= 0.6 is 11.8 Å². The van der Waals surface area contributed by atoms with Crippen molar-refractivity contribution in [2.45, 2.75) is 32.0 Å². The molecule has 1 heterocycles. The van der Waals surface area contributed by atoms with Crippen molar-refractivity contribution in [3.8, 4) is 0 Å². The Bertz CT molecular complexity index is 428. The molecule has 0 aromatic carbocycles. The fourth-order valence-electron chi connectivity index (χ4n) is 1.81. The number of carbonyl (C=O) groups excluding carboxylic acids is 1. The summed E-state index contributed by atoms with van der Waals surface area (Å²) in [5.41, 5.74) is 0. The van der Waals surface area contributed by atoms with E-state index in [4.69, 9.17) is 0 Å². The largest absolute Gasteiger partial charge is 0.373 e. The van der Waals surface area contributed by atoms with Gasteiger partial charge in [0.15, 0.2) is 5.16 Å². The third kappa shape index (κ3) is 4.26. The average Bonchev–Trinajstić information content (AvgIpc) is 2.47. The summed E-state index contributed by atoms with van der Waals surface area (Å²) < 4.78 is 0. The highest BCUT2D eigenvalue weighted by Crippen LogP contribution is 2.17. The first-order valence-electron chi connectivity index (χ1n) is 6.71. The van der Waals surface area contributed by atoms with Gasteiger partial charge in [-0.1, -0.05) is 11.8 Å². The average molecular weight is 297 g/mol. The van der Waals surface area contributed by atoms with Crippen LogP contribution in [-0.4, -0.2) is 53.2 Å². The van der Waals surface area contributed by atoms with Gasteiger partial charge in [-0.15, -0.1) is 0 Å². The summed E-state index contributed by atoms with van der Waals surface area (Å²) in [5.74, 6) is 1.46. The molecule has 1 amide bonds. The van der Waals surface area contributed by atoms with Gasteiger partial charge in [0.25, 0.3) is 0 Å². The standard InChI is InChI=1S/C13H23N5OS/c1-6-18(7-2)12(19)9(3)15-11-8-10(14-4)16-13(17-11)20-5/h8-9H,6-7H2,1-5H3,(H2,14,15,16,17). The Hall–Kier alpha value is -1.50. The second kappa shape index (κ2) is 7.94. The summed E-state index contributed by atoms with van der Waals surface area (Å²) in [5, 5.41) is 6.80. The zero-order valence-corrected chi connectivity index (χ0v) is 13.5. The highest BCUT2D eigenvalue weighted by Gasteiger charge is 2.18. The van der Waals surface area contributed by atoms with E-state index in [0.717, 1.165) is 5.82 Å². The summed E-state index contributed by atoms with van der Waals surface area (Å²) in [6, 6.07) is 1.48. The molecule has 0 saturated heterocycles. The normalized spacial score (nSPS) is 11.8. The molecule has 1 atom stereocenters. The van der Waals surface area contributed by atoms with Crippen LogP contribution in [0.4, 0.5) is 11.6 Å². The fraction of sp³-hybridized carbons (Fsp3) is 0.615. The van der Waals surface area contributed by atoms with Gasteiger partial charge in [0, 0.05) is 26.2 Å². The van der Waals surface area contributed by atoms with Crippen LogP contribution in [0.5, 0.6) is 0 Å². The molecule has 1 unspecified atom stereocenters. The molecular weight excluding hydrogens is 274 g/mol. The summed E-state index contributed by atoms with van der Waals surface area (Å²) in [6.07, 6.45) is 1.92. The van der Waals surface area contributed by atoms with E-state index in [0.29, 0.717) is 24.1 Å². The molecule has 0 fully saturated rings. The van der Waals surface area contributed by atoms with E-state index < -0.39 is 0 Å². The van der Waals surface area contributed by atoms with Crippen LogP contribution in [0.25, 0.3) is 0 Å². The van der Waals surface area contributed by atoms with Crippen molar-refractivity contribution in [1.82, 2.24) is 14.9 Å². The van der Waals surface area contributed by atoms with Gasteiger partial charge >= 0.3 is 0 Å². The molecule has 0 bridgehead atoms. The Morgan fingerprint density at radius 2 is 1.95 bits per heavy atom. The second-order valence-electron chi connectivity index (χ2n) is 4.25. The number of carbonyl (C=O) groups is 1. The Morgan fingerprint density at radius 3 is 2.45 bits per heavy atom. The molecular formula is C13H23N5OS. The quantitative estimate of drug-likeness (QED) is 0.592. The zero-order chi connectivity index (χ0) is 15.1. The van der Waals surface area contributed by atoms with Crippen LogP contribution in [0.2, 0.25) is 0 Å². The molecule has 0 aliphatic heterocycles. The molecule has 1 aromatic rings.